The molecule has 2 aliphatic rings. The molecule has 3 heterocycles. The van der Waals surface area contributed by atoms with E-state index in [9.17, 15) is 32.8 Å². The molecule has 3 amide bonds. The van der Waals surface area contributed by atoms with Crippen molar-refractivity contribution < 1.29 is 32.3 Å². The Balaban J connectivity index is 1.62. The largest absolute Gasteiger partial charge is 0.449 e. The predicted octanol–water partition coefficient (Wildman–Crippen LogP) is 4.50. The zero-order valence-electron chi connectivity index (χ0n) is 21.7. The third-order valence-corrected chi connectivity index (χ3v) is 7.86. The van der Waals surface area contributed by atoms with Crippen molar-refractivity contribution in [3.05, 3.63) is 81.6 Å². The van der Waals surface area contributed by atoms with Gasteiger partial charge in [0, 0.05) is 41.1 Å². The highest BCUT2D eigenvalue weighted by Gasteiger charge is 2.48. The van der Waals surface area contributed by atoms with Crippen molar-refractivity contribution in [1.82, 2.24) is 15.3 Å². The molecule has 0 radical (unpaired) electrons. The van der Waals surface area contributed by atoms with Crippen molar-refractivity contribution in [1.29, 1.82) is 5.26 Å². The Bertz CT molecular complexity index is 1580. The first kappa shape index (κ1) is 29.2. The lowest BCUT2D eigenvalue weighted by atomic mass is 9.87. The first-order valence-corrected chi connectivity index (χ1v) is 13.8. The molecule has 1 aliphatic heterocycles. The van der Waals surface area contributed by atoms with Gasteiger partial charge in [-0.1, -0.05) is 18.2 Å². The van der Waals surface area contributed by atoms with E-state index in [1.165, 1.54) is 24.5 Å². The molecule has 3 aromatic rings. The van der Waals surface area contributed by atoms with Crippen LogP contribution in [0.3, 0.4) is 0 Å². The number of alkyl halides is 2. The van der Waals surface area contributed by atoms with Gasteiger partial charge in [-0.2, -0.15) is 5.26 Å². The first-order chi connectivity index (χ1) is 20.1. The molecular formula is C28H22F3IN6O4. The van der Waals surface area contributed by atoms with Crippen LogP contribution in [-0.2, 0) is 14.3 Å². The molecule has 42 heavy (non-hydrogen) atoms. The van der Waals surface area contributed by atoms with Gasteiger partial charge in [0.1, 0.15) is 23.7 Å². The van der Waals surface area contributed by atoms with Gasteiger partial charge in [0.05, 0.1) is 36.3 Å². The zero-order chi connectivity index (χ0) is 30.0. The van der Waals surface area contributed by atoms with Gasteiger partial charge in [-0.3, -0.25) is 19.5 Å². The van der Waals surface area contributed by atoms with E-state index in [-0.39, 0.29) is 30.1 Å². The van der Waals surface area contributed by atoms with E-state index in [0.717, 1.165) is 22.1 Å². The maximum absolute atomic E-state index is 14.5. The predicted molar refractivity (Wildman–Crippen MR) is 151 cm³/mol. The van der Waals surface area contributed by atoms with E-state index in [2.05, 4.69) is 15.3 Å². The summed E-state index contributed by atoms with van der Waals surface area (Å²) in [7, 11) is 0. The maximum Gasteiger partial charge on any atom is 0.416 e. The monoisotopic (exact) mass is 690 g/mol. The third-order valence-electron chi connectivity index (χ3n) is 6.88. The molecule has 1 N–H and O–H groups in total. The average Bonchev–Trinajstić information content (AvgIpc) is 2.95. The van der Waals surface area contributed by atoms with E-state index in [1.54, 1.807) is 24.3 Å². The summed E-state index contributed by atoms with van der Waals surface area (Å²) in [5.74, 6) is -5.32. The number of nitrogens with one attached hydrogen (secondary N) is 1. The number of halogens is 4. The molecule has 2 fully saturated rings. The minimum atomic E-state index is -2.91. The van der Waals surface area contributed by atoms with E-state index in [4.69, 9.17) is 4.74 Å². The zero-order valence-corrected chi connectivity index (χ0v) is 23.9. The number of nitrogens with zero attached hydrogens (tertiary/aromatic N) is 5. The van der Waals surface area contributed by atoms with E-state index in [0.29, 0.717) is 9.13 Å². The van der Waals surface area contributed by atoms with Crippen LogP contribution in [-0.4, -0.2) is 52.5 Å². The molecular weight excluding hydrogens is 668 g/mol. The van der Waals surface area contributed by atoms with Crippen molar-refractivity contribution in [3.8, 4) is 6.07 Å². The maximum atomic E-state index is 14.5. The molecule has 5 rings (SSSR count). The fraction of sp³-hybridized carbons (Fsp3) is 0.286. The Morgan fingerprint density at radius 2 is 1.98 bits per heavy atom. The molecule has 2 atom stereocenters. The number of nitriles is 1. The van der Waals surface area contributed by atoms with Crippen LogP contribution in [0.2, 0.25) is 0 Å². The topological polar surface area (TPSA) is 129 Å². The number of amides is 3. The number of hydrogen-bond donors (Lipinski definition) is 1. The number of ether oxygens (including phenoxy) is 1. The van der Waals surface area contributed by atoms with Gasteiger partial charge >= 0.3 is 6.09 Å². The summed E-state index contributed by atoms with van der Waals surface area (Å²) in [6, 6.07) is 8.75. The van der Waals surface area contributed by atoms with Crippen molar-refractivity contribution in [3.63, 3.8) is 0 Å². The molecule has 14 heteroatoms. The number of carbonyl (C=O) groups excluding carboxylic acids is 3. The number of carbonyl (C=O) groups is 3. The van der Waals surface area contributed by atoms with E-state index >= 15 is 0 Å². The number of benzene rings is 1. The standard InChI is InChI=1S/C28H22F3IN6O4/c29-17-10-19(15-34-14-17)37(24(20-3-1-2-4-21(20)32)25(39)36-18-11-28(30,31)12-18)26(40)22-6-8-42-27(41)38(22)23-9-16(13-33)5-7-35-23/h1-5,7,9-10,14-15,18,22,24H,6,8,11-12H2,(H,36,39)/t22-,24-/m0/s1. The van der Waals surface area contributed by atoms with Gasteiger partial charge in [0.2, 0.25) is 5.91 Å². The van der Waals surface area contributed by atoms with Crippen LogP contribution in [0.5, 0.6) is 0 Å². The molecule has 1 saturated carbocycles. The Hall–Kier alpha value is -4.26. The minimum Gasteiger partial charge on any atom is -0.449 e. The van der Waals surface area contributed by atoms with Crippen LogP contribution in [0.15, 0.2) is 61.1 Å². The second-order valence-corrected chi connectivity index (χ2v) is 10.9. The summed E-state index contributed by atoms with van der Waals surface area (Å²) in [6.45, 7) is -0.143. The molecule has 0 spiro atoms. The van der Waals surface area contributed by atoms with Crippen LogP contribution in [0.25, 0.3) is 0 Å². The summed E-state index contributed by atoms with van der Waals surface area (Å²) in [6.07, 6.45) is 1.35. The molecule has 2 aromatic heterocycles. The van der Waals surface area contributed by atoms with Crippen LogP contribution < -0.4 is 15.1 Å². The molecule has 0 bridgehead atoms. The summed E-state index contributed by atoms with van der Waals surface area (Å²) in [4.78, 5) is 51.4. The fourth-order valence-electron chi connectivity index (χ4n) is 4.92. The van der Waals surface area contributed by atoms with Gasteiger partial charge in [-0.05, 0) is 46.4 Å². The Morgan fingerprint density at radius 1 is 1.21 bits per heavy atom. The highest BCUT2D eigenvalue weighted by atomic mass is 127. The molecule has 1 saturated heterocycles. The van der Waals surface area contributed by atoms with Crippen LogP contribution in [0.1, 0.15) is 36.4 Å². The Labute approximate surface area is 251 Å². The summed E-state index contributed by atoms with van der Waals surface area (Å²) >= 11 is 1.98. The third kappa shape index (κ3) is 6.01. The van der Waals surface area contributed by atoms with E-state index in [1.807, 2.05) is 28.7 Å². The summed E-state index contributed by atoms with van der Waals surface area (Å²) in [5, 5.41) is 12.0. The first-order valence-electron chi connectivity index (χ1n) is 12.8. The lowest BCUT2D eigenvalue weighted by molar-refractivity contribution is -0.133. The highest BCUT2D eigenvalue weighted by Crippen LogP contribution is 2.39. The summed E-state index contributed by atoms with van der Waals surface area (Å²) < 4.78 is 47.5. The van der Waals surface area contributed by atoms with E-state index < -0.39 is 60.6 Å². The van der Waals surface area contributed by atoms with Crippen molar-refractivity contribution >= 4 is 52.0 Å². The smallest absolute Gasteiger partial charge is 0.416 e. The van der Waals surface area contributed by atoms with Crippen molar-refractivity contribution in [2.24, 2.45) is 0 Å². The van der Waals surface area contributed by atoms with Crippen LogP contribution in [0.4, 0.5) is 29.5 Å². The molecule has 10 nitrogen and oxygen atoms in total. The molecule has 216 valence electrons. The summed E-state index contributed by atoms with van der Waals surface area (Å²) in [5.41, 5.74) is 0.411. The molecule has 1 aliphatic carbocycles. The lowest BCUT2D eigenvalue weighted by Gasteiger charge is -2.40. The number of rotatable bonds is 7. The second-order valence-electron chi connectivity index (χ2n) is 9.77. The number of aromatic nitrogens is 2. The number of pyridine rings is 2. The van der Waals surface area contributed by atoms with Crippen molar-refractivity contribution in [2.75, 3.05) is 16.4 Å². The quantitative estimate of drug-likeness (QED) is 0.362. The van der Waals surface area contributed by atoms with Crippen LogP contribution >= 0.6 is 22.6 Å². The van der Waals surface area contributed by atoms with Gasteiger partial charge in [0.15, 0.2) is 0 Å². The number of anilines is 2. The minimum absolute atomic E-state index is 0.0304. The van der Waals surface area contributed by atoms with Gasteiger partial charge in [-0.15, -0.1) is 0 Å². The highest BCUT2D eigenvalue weighted by molar-refractivity contribution is 14.1. The average molecular weight is 690 g/mol. The number of hydrogen-bond acceptors (Lipinski definition) is 7. The SMILES string of the molecule is N#Cc1ccnc(N2C(=O)OCC[C@H]2C(=O)N(c2cncc(F)c2)[C@H](C(=O)NC2CC(F)(F)C2)c2ccccc2I)c1. The Kier molecular flexibility index (Phi) is 8.30. The molecule has 1 aromatic carbocycles. The van der Waals surface area contributed by atoms with Crippen molar-refractivity contribution in [2.45, 2.75) is 43.3 Å². The lowest BCUT2D eigenvalue weighted by Crippen LogP contribution is -2.58. The Morgan fingerprint density at radius 3 is 2.67 bits per heavy atom. The normalized spacial score (nSPS) is 18.7. The second kappa shape index (κ2) is 11.9. The van der Waals surface area contributed by atoms with Crippen LogP contribution in [0, 0.1) is 20.7 Å². The van der Waals surface area contributed by atoms with Gasteiger partial charge in [-0.25, -0.2) is 27.8 Å². The van der Waals surface area contributed by atoms with Gasteiger partial charge < -0.3 is 10.1 Å². The number of cyclic esters (lactones) is 1. The fourth-order valence-corrected chi connectivity index (χ4v) is 5.61. The molecule has 0 unspecified atom stereocenters. The van der Waals surface area contributed by atoms with Gasteiger partial charge in [0.25, 0.3) is 11.8 Å².